The predicted octanol–water partition coefficient (Wildman–Crippen LogP) is 3.41. The van der Waals surface area contributed by atoms with Gasteiger partial charge in [0.2, 0.25) is 0 Å². The Labute approximate surface area is 131 Å². The fraction of sp³-hybridized carbons (Fsp3) is 0.188. The summed E-state index contributed by atoms with van der Waals surface area (Å²) in [6.45, 7) is 0.419. The second-order valence-electron chi connectivity index (χ2n) is 4.80. The first-order valence-corrected chi connectivity index (χ1v) is 7.41. The predicted molar refractivity (Wildman–Crippen MR) is 85.1 cm³/mol. The van der Waals surface area contributed by atoms with E-state index in [1.807, 2.05) is 54.2 Å². The Bertz CT molecular complexity index is 783. The molecular weight excluding hydrogens is 332 g/mol. The summed E-state index contributed by atoms with van der Waals surface area (Å²) in [7, 11) is 1.93. The molecule has 1 aromatic heterocycles. The number of aryl methyl sites for hydroxylation is 1. The van der Waals surface area contributed by atoms with Crippen LogP contribution in [0, 0.1) is 0 Å². The van der Waals surface area contributed by atoms with Gasteiger partial charge in [-0.15, -0.1) is 0 Å². The highest BCUT2D eigenvalue weighted by atomic mass is 79.9. The summed E-state index contributed by atoms with van der Waals surface area (Å²) in [5.41, 5.74) is 2.84. The van der Waals surface area contributed by atoms with Gasteiger partial charge >= 0.3 is 0 Å². The Morgan fingerprint density at radius 1 is 1.24 bits per heavy atom. The van der Waals surface area contributed by atoms with Crippen LogP contribution in [-0.4, -0.2) is 14.9 Å². The van der Waals surface area contributed by atoms with Crippen molar-refractivity contribution in [2.24, 2.45) is 7.05 Å². The minimum atomic E-state index is 0.0176. The average molecular weight is 347 g/mol. The summed E-state index contributed by atoms with van der Waals surface area (Å²) in [5.74, 6) is 0.738. The molecule has 0 aliphatic heterocycles. The topological polar surface area (TPSA) is 47.3 Å². The van der Waals surface area contributed by atoms with Crippen molar-refractivity contribution in [1.82, 2.24) is 9.78 Å². The molecular formula is C16H15BrN2O2. The number of benzene rings is 2. The summed E-state index contributed by atoms with van der Waals surface area (Å²) in [6, 6.07) is 13.6. The summed E-state index contributed by atoms with van der Waals surface area (Å²) >= 11 is 3.45. The molecule has 0 unspecified atom stereocenters. The molecule has 0 aliphatic carbocycles. The van der Waals surface area contributed by atoms with Gasteiger partial charge in [-0.2, -0.15) is 5.10 Å². The van der Waals surface area contributed by atoms with E-state index >= 15 is 0 Å². The lowest BCUT2D eigenvalue weighted by atomic mass is 10.2. The van der Waals surface area contributed by atoms with Gasteiger partial charge in [0.15, 0.2) is 0 Å². The highest BCUT2D eigenvalue weighted by Crippen LogP contribution is 2.27. The first-order chi connectivity index (χ1) is 10.2. The molecule has 4 nitrogen and oxygen atoms in total. The van der Waals surface area contributed by atoms with Gasteiger partial charge in [-0.3, -0.25) is 4.68 Å². The number of para-hydroxylation sites is 1. The molecule has 108 valence electrons. The van der Waals surface area contributed by atoms with Crippen LogP contribution in [0.2, 0.25) is 0 Å². The molecule has 0 fully saturated rings. The number of hydrogen-bond donors (Lipinski definition) is 1. The molecule has 1 heterocycles. The molecule has 0 radical (unpaired) electrons. The molecule has 0 atom stereocenters. The Morgan fingerprint density at radius 2 is 2.05 bits per heavy atom. The van der Waals surface area contributed by atoms with Crippen LogP contribution in [0.1, 0.15) is 11.3 Å². The van der Waals surface area contributed by atoms with Crippen molar-refractivity contribution >= 4 is 26.8 Å². The molecule has 5 heteroatoms. The maximum Gasteiger partial charge on any atom is 0.134 e. The van der Waals surface area contributed by atoms with Gasteiger partial charge in [0.25, 0.3) is 0 Å². The number of rotatable bonds is 4. The van der Waals surface area contributed by atoms with Gasteiger partial charge in [-0.1, -0.05) is 24.3 Å². The standard InChI is InChI=1S/C16H15BrN2O2/c1-19-15-5-3-2-4-12(15)14(18-19)10-21-16-7-6-11(9-20)8-13(16)17/h2-8,20H,9-10H2,1H3. The van der Waals surface area contributed by atoms with E-state index in [9.17, 15) is 0 Å². The molecule has 0 aliphatic rings. The van der Waals surface area contributed by atoms with Crippen LogP contribution in [0.15, 0.2) is 46.9 Å². The number of aliphatic hydroxyl groups excluding tert-OH is 1. The van der Waals surface area contributed by atoms with Crippen molar-refractivity contribution in [2.45, 2.75) is 13.2 Å². The quantitative estimate of drug-likeness (QED) is 0.787. The molecule has 0 amide bonds. The fourth-order valence-corrected chi connectivity index (χ4v) is 2.84. The molecule has 0 saturated carbocycles. The summed E-state index contributed by atoms with van der Waals surface area (Å²) < 4.78 is 8.53. The normalized spacial score (nSPS) is 11.0. The lowest BCUT2D eigenvalue weighted by molar-refractivity contribution is 0.280. The van der Waals surface area contributed by atoms with E-state index in [2.05, 4.69) is 21.0 Å². The Hall–Kier alpha value is -1.85. The van der Waals surface area contributed by atoms with Crippen molar-refractivity contribution in [3.8, 4) is 5.75 Å². The first-order valence-electron chi connectivity index (χ1n) is 6.61. The third-order valence-corrected chi connectivity index (χ3v) is 4.00. The highest BCUT2D eigenvalue weighted by Gasteiger charge is 2.09. The van der Waals surface area contributed by atoms with Gasteiger partial charge in [0.1, 0.15) is 18.1 Å². The average Bonchev–Trinajstić information content (AvgIpc) is 2.83. The van der Waals surface area contributed by atoms with Crippen LogP contribution >= 0.6 is 15.9 Å². The van der Waals surface area contributed by atoms with Crippen LogP contribution in [0.5, 0.6) is 5.75 Å². The zero-order valence-electron chi connectivity index (χ0n) is 11.6. The van der Waals surface area contributed by atoms with E-state index in [0.717, 1.165) is 32.4 Å². The zero-order valence-corrected chi connectivity index (χ0v) is 13.2. The van der Waals surface area contributed by atoms with Crippen LogP contribution in [0.4, 0.5) is 0 Å². The van der Waals surface area contributed by atoms with Crippen LogP contribution < -0.4 is 4.74 Å². The van der Waals surface area contributed by atoms with Gasteiger partial charge in [0.05, 0.1) is 16.6 Å². The molecule has 0 saturated heterocycles. The maximum atomic E-state index is 9.11. The van der Waals surface area contributed by atoms with E-state index in [0.29, 0.717) is 6.61 Å². The number of ether oxygens (including phenoxy) is 1. The Morgan fingerprint density at radius 3 is 2.81 bits per heavy atom. The van der Waals surface area contributed by atoms with Gasteiger partial charge in [-0.05, 0) is 39.7 Å². The SMILES string of the molecule is Cn1nc(COc2ccc(CO)cc2Br)c2ccccc21. The minimum Gasteiger partial charge on any atom is -0.486 e. The number of nitrogens with zero attached hydrogens (tertiary/aromatic N) is 2. The van der Waals surface area contributed by atoms with E-state index in [-0.39, 0.29) is 6.61 Å². The molecule has 2 aromatic carbocycles. The molecule has 3 rings (SSSR count). The summed E-state index contributed by atoms with van der Waals surface area (Å²) in [4.78, 5) is 0. The smallest absolute Gasteiger partial charge is 0.134 e. The van der Waals surface area contributed by atoms with Crippen molar-refractivity contribution in [1.29, 1.82) is 0 Å². The molecule has 0 spiro atoms. The van der Waals surface area contributed by atoms with Gasteiger partial charge < -0.3 is 9.84 Å². The second-order valence-corrected chi connectivity index (χ2v) is 5.65. The summed E-state index contributed by atoms with van der Waals surface area (Å²) in [6.07, 6.45) is 0. The monoisotopic (exact) mass is 346 g/mol. The second kappa shape index (κ2) is 5.87. The molecule has 1 N–H and O–H groups in total. The van der Waals surface area contributed by atoms with Crippen LogP contribution in [-0.2, 0) is 20.3 Å². The van der Waals surface area contributed by atoms with Gasteiger partial charge in [-0.25, -0.2) is 0 Å². The molecule has 0 bridgehead atoms. The number of aromatic nitrogens is 2. The lowest BCUT2D eigenvalue weighted by Crippen LogP contribution is -1.99. The van der Waals surface area contributed by atoms with E-state index in [1.54, 1.807) is 0 Å². The minimum absolute atomic E-state index is 0.0176. The number of hydrogen-bond acceptors (Lipinski definition) is 3. The third-order valence-electron chi connectivity index (χ3n) is 3.38. The van der Waals surface area contributed by atoms with E-state index in [1.165, 1.54) is 0 Å². The number of fused-ring (bicyclic) bond motifs is 1. The Kier molecular flexibility index (Phi) is 3.94. The largest absolute Gasteiger partial charge is 0.486 e. The molecule has 21 heavy (non-hydrogen) atoms. The van der Waals surface area contributed by atoms with Crippen molar-refractivity contribution < 1.29 is 9.84 Å². The Balaban J connectivity index is 1.84. The van der Waals surface area contributed by atoms with Gasteiger partial charge in [0, 0.05) is 12.4 Å². The number of aliphatic hydroxyl groups is 1. The third kappa shape index (κ3) is 2.80. The van der Waals surface area contributed by atoms with Crippen molar-refractivity contribution in [3.63, 3.8) is 0 Å². The van der Waals surface area contributed by atoms with Crippen LogP contribution in [0.3, 0.4) is 0 Å². The first kappa shape index (κ1) is 14.1. The maximum absolute atomic E-state index is 9.11. The number of halogens is 1. The van der Waals surface area contributed by atoms with E-state index < -0.39 is 0 Å². The highest BCUT2D eigenvalue weighted by molar-refractivity contribution is 9.10. The van der Waals surface area contributed by atoms with Crippen molar-refractivity contribution in [2.75, 3.05) is 0 Å². The van der Waals surface area contributed by atoms with Crippen molar-refractivity contribution in [3.05, 3.63) is 58.2 Å². The summed E-state index contributed by atoms with van der Waals surface area (Å²) in [5, 5.41) is 14.7. The van der Waals surface area contributed by atoms with Crippen LogP contribution in [0.25, 0.3) is 10.9 Å². The lowest BCUT2D eigenvalue weighted by Gasteiger charge is -2.08. The zero-order chi connectivity index (χ0) is 14.8. The van der Waals surface area contributed by atoms with E-state index in [4.69, 9.17) is 9.84 Å². The molecule has 3 aromatic rings. The fourth-order valence-electron chi connectivity index (χ4n) is 2.30.